The number of esters is 1. The van der Waals surface area contributed by atoms with Crippen LogP contribution in [0.4, 0.5) is 0 Å². The Balaban J connectivity index is 1.82. The van der Waals surface area contributed by atoms with Gasteiger partial charge in [-0.15, -0.1) is 0 Å². The van der Waals surface area contributed by atoms with Crippen molar-refractivity contribution in [2.24, 2.45) is 11.3 Å². The first kappa shape index (κ1) is 10.7. The molecule has 2 heterocycles. The lowest BCUT2D eigenvalue weighted by Gasteiger charge is -2.32. The Morgan fingerprint density at radius 3 is 2.65 bits per heavy atom. The molecule has 5 heteroatoms. The van der Waals surface area contributed by atoms with Crippen molar-refractivity contribution in [2.75, 3.05) is 13.7 Å². The maximum Gasteiger partial charge on any atom is 0.310 e. The van der Waals surface area contributed by atoms with E-state index in [1.165, 1.54) is 7.11 Å². The molecule has 2 aliphatic heterocycles. The van der Waals surface area contributed by atoms with Crippen LogP contribution < -0.4 is 0 Å². The minimum Gasteiger partial charge on any atom is -0.469 e. The first-order chi connectivity index (χ1) is 8.10. The molecule has 1 saturated carbocycles. The molecule has 1 spiro atoms. The second-order valence-electron chi connectivity index (χ2n) is 5.22. The third kappa shape index (κ3) is 1.28. The Morgan fingerprint density at radius 1 is 1.35 bits per heavy atom. The van der Waals surface area contributed by atoms with Crippen molar-refractivity contribution in [3.8, 4) is 0 Å². The second kappa shape index (κ2) is 3.31. The Hall–Kier alpha value is -1.39. The van der Waals surface area contributed by atoms with Crippen LogP contribution in [-0.2, 0) is 19.1 Å². The standard InChI is InChI=1S/C12H15NO4/c1-17-10(15)7-2-3-8-9(14)12(4-5-12)11(16)13(8)6-7/h7-8H,2-6H2,1H3. The van der Waals surface area contributed by atoms with Crippen LogP contribution in [0, 0.1) is 11.3 Å². The maximum absolute atomic E-state index is 12.1. The van der Waals surface area contributed by atoms with Crippen LogP contribution in [0.2, 0.25) is 0 Å². The summed E-state index contributed by atoms with van der Waals surface area (Å²) in [5.41, 5.74) is -0.685. The van der Waals surface area contributed by atoms with Gasteiger partial charge in [0.05, 0.1) is 19.1 Å². The van der Waals surface area contributed by atoms with Crippen molar-refractivity contribution >= 4 is 17.7 Å². The molecule has 2 saturated heterocycles. The predicted octanol–water partition coefficient (Wildman–Crippen LogP) is 0.129. The summed E-state index contributed by atoms with van der Waals surface area (Å²) < 4.78 is 4.71. The molecule has 5 nitrogen and oxygen atoms in total. The van der Waals surface area contributed by atoms with Gasteiger partial charge in [-0.3, -0.25) is 14.4 Å². The number of carbonyl (C=O) groups is 3. The van der Waals surface area contributed by atoms with Crippen LogP contribution in [0.3, 0.4) is 0 Å². The van der Waals surface area contributed by atoms with Gasteiger partial charge in [0.25, 0.3) is 0 Å². The second-order valence-corrected chi connectivity index (χ2v) is 5.22. The van der Waals surface area contributed by atoms with E-state index >= 15 is 0 Å². The highest BCUT2D eigenvalue weighted by Crippen LogP contribution is 2.54. The number of methoxy groups -OCH3 is 1. The van der Waals surface area contributed by atoms with Crippen LogP contribution >= 0.6 is 0 Å². The van der Waals surface area contributed by atoms with Crippen LogP contribution in [0.15, 0.2) is 0 Å². The average molecular weight is 237 g/mol. The number of fused-ring (bicyclic) bond motifs is 1. The number of hydrogen-bond donors (Lipinski definition) is 0. The predicted molar refractivity (Wildman–Crippen MR) is 56.9 cm³/mol. The summed E-state index contributed by atoms with van der Waals surface area (Å²) in [6, 6.07) is -0.272. The van der Waals surface area contributed by atoms with Gasteiger partial charge in [-0.25, -0.2) is 0 Å². The highest BCUT2D eigenvalue weighted by atomic mass is 16.5. The van der Waals surface area contributed by atoms with Crippen molar-refractivity contribution in [2.45, 2.75) is 31.7 Å². The average Bonchev–Trinajstić information content (AvgIpc) is 3.13. The molecule has 1 aliphatic carbocycles. The smallest absolute Gasteiger partial charge is 0.310 e. The fraction of sp³-hybridized carbons (Fsp3) is 0.750. The fourth-order valence-electron chi connectivity index (χ4n) is 3.11. The zero-order chi connectivity index (χ0) is 12.2. The highest BCUT2D eigenvalue weighted by molar-refractivity contribution is 6.17. The molecule has 1 amide bonds. The lowest BCUT2D eigenvalue weighted by atomic mass is 9.91. The molecular formula is C12H15NO4. The number of nitrogens with zero attached hydrogens (tertiary/aromatic N) is 1. The van der Waals surface area contributed by atoms with E-state index in [0.29, 0.717) is 32.2 Å². The summed E-state index contributed by atoms with van der Waals surface area (Å²) in [6.45, 7) is 0.351. The van der Waals surface area contributed by atoms with E-state index in [9.17, 15) is 14.4 Å². The van der Waals surface area contributed by atoms with E-state index in [1.54, 1.807) is 4.90 Å². The largest absolute Gasteiger partial charge is 0.469 e. The van der Waals surface area contributed by atoms with E-state index in [-0.39, 0.29) is 29.6 Å². The third-order valence-electron chi connectivity index (χ3n) is 4.31. The molecule has 17 heavy (non-hydrogen) atoms. The summed E-state index contributed by atoms with van der Waals surface area (Å²) >= 11 is 0. The number of rotatable bonds is 1. The number of ether oxygens (including phenoxy) is 1. The summed E-state index contributed by atoms with van der Waals surface area (Å²) in [7, 11) is 1.35. The number of Topliss-reactive ketones (excluding diaryl/α,β-unsaturated/α-hetero) is 1. The number of amides is 1. The minimum atomic E-state index is -0.685. The summed E-state index contributed by atoms with van der Waals surface area (Å²) in [5, 5.41) is 0. The van der Waals surface area contributed by atoms with Gasteiger partial charge in [-0.1, -0.05) is 0 Å². The first-order valence-corrected chi connectivity index (χ1v) is 6.03. The molecule has 3 rings (SSSR count). The van der Waals surface area contributed by atoms with Crippen LogP contribution in [0.5, 0.6) is 0 Å². The normalized spacial score (nSPS) is 33.8. The van der Waals surface area contributed by atoms with E-state index in [1.807, 2.05) is 0 Å². The summed E-state index contributed by atoms with van der Waals surface area (Å²) in [6.07, 6.45) is 2.64. The number of carbonyl (C=O) groups excluding carboxylic acids is 3. The van der Waals surface area contributed by atoms with Gasteiger partial charge in [0.2, 0.25) is 5.91 Å². The molecule has 0 aromatic carbocycles. The SMILES string of the molecule is COC(=O)C1CCC2C(=O)C3(CC3)C(=O)N2C1. The van der Waals surface area contributed by atoms with E-state index in [4.69, 9.17) is 4.74 Å². The van der Waals surface area contributed by atoms with E-state index < -0.39 is 5.41 Å². The molecule has 3 aliphatic rings. The van der Waals surface area contributed by atoms with E-state index in [2.05, 4.69) is 0 Å². The molecule has 0 aromatic heterocycles. The van der Waals surface area contributed by atoms with Crippen molar-refractivity contribution in [1.29, 1.82) is 0 Å². The summed E-state index contributed by atoms with van der Waals surface area (Å²) in [5.74, 6) is -0.505. The Morgan fingerprint density at radius 2 is 2.06 bits per heavy atom. The molecule has 2 unspecified atom stereocenters. The van der Waals surface area contributed by atoms with Gasteiger partial charge >= 0.3 is 5.97 Å². The molecule has 92 valence electrons. The Kier molecular flexibility index (Phi) is 2.09. The lowest BCUT2D eigenvalue weighted by molar-refractivity contribution is -0.149. The highest BCUT2D eigenvalue weighted by Gasteiger charge is 2.66. The molecule has 0 radical (unpaired) electrons. The zero-order valence-electron chi connectivity index (χ0n) is 9.77. The molecular weight excluding hydrogens is 222 g/mol. The van der Waals surface area contributed by atoms with Gasteiger partial charge in [0, 0.05) is 6.54 Å². The topological polar surface area (TPSA) is 63.7 Å². The summed E-state index contributed by atoms with van der Waals surface area (Å²) in [4.78, 5) is 37.3. The van der Waals surface area contributed by atoms with Crippen LogP contribution in [-0.4, -0.2) is 42.3 Å². The van der Waals surface area contributed by atoms with Gasteiger partial charge in [0.15, 0.2) is 5.78 Å². The van der Waals surface area contributed by atoms with Crippen molar-refractivity contribution in [1.82, 2.24) is 4.90 Å². The van der Waals surface area contributed by atoms with Crippen molar-refractivity contribution in [3.63, 3.8) is 0 Å². The number of ketones is 1. The minimum absolute atomic E-state index is 0.0545. The number of piperidine rings is 1. The Bertz CT molecular complexity index is 413. The lowest BCUT2D eigenvalue weighted by Crippen LogP contribution is -2.45. The van der Waals surface area contributed by atoms with Crippen LogP contribution in [0.1, 0.15) is 25.7 Å². The van der Waals surface area contributed by atoms with Crippen molar-refractivity contribution < 1.29 is 19.1 Å². The van der Waals surface area contributed by atoms with Gasteiger partial charge in [-0.2, -0.15) is 0 Å². The van der Waals surface area contributed by atoms with E-state index in [0.717, 1.165) is 0 Å². The number of hydrogen-bond acceptors (Lipinski definition) is 4. The van der Waals surface area contributed by atoms with Crippen LogP contribution in [0.25, 0.3) is 0 Å². The van der Waals surface area contributed by atoms with Gasteiger partial charge in [-0.05, 0) is 25.7 Å². The fourth-order valence-corrected chi connectivity index (χ4v) is 3.11. The van der Waals surface area contributed by atoms with Crippen molar-refractivity contribution in [3.05, 3.63) is 0 Å². The first-order valence-electron chi connectivity index (χ1n) is 6.03. The molecule has 0 bridgehead atoms. The molecule has 3 fully saturated rings. The third-order valence-corrected chi connectivity index (χ3v) is 4.31. The monoisotopic (exact) mass is 237 g/mol. The molecule has 0 aromatic rings. The Labute approximate surface area is 99.1 Å². The maximum atomic E-state index is 12.1. The van der Waals surface area contributed by atoms with Gasteiger partial charge in [0.1, 0.15) is 5.41 Å². The van der Waals surface area contributed by atoms with Gasteiger partial charge < -0.3 is 9.64 Å². The molecule has 2 atom stereocenters. The zero-order valence-corrected chi connectivity index (χ0v) is 9.77. The quantitative estimate of drug-likeness (QED) is 0.480. The molecule has 0 N–H and O–H groups in total.